The van der Waals surface area contributed by atoms with Crippen molar-refractivity contribution in [3.05, 3.63) is 71.6 Å². The quantitative estimate of drug-likeness (QED) is 0.163. The van der Waals surface area contributed by atoms with Gasteiger partial charge in [0.1, 0.15) is 34.9 Å². The predicted molar refractivity (Wildman–Crippen MR) is 166 cm³/mol. The molecule has 1 saturated heterocycles. The Morgan fingerprint density at radius 3 is 2.50 bits per heavy atom. The van der Waals surface area contributed by atoms with Crippen molar-refractivity contribution in [2.75, 3.05) is 30.3 Å². The Balaban J connectivity index is 1.78. The Hall–Kier alpha value is -3.69. The van der Waals surface area contributed by atoms with Crippen molar-refractivity contribution < 1.29 is 19.1 Å². The summed E-state index contributed by atoms with van der Waals surface area (Å²) < 4.78 is 9.39. The predicted octanol–water partition coefficient (Wildman–Crippen LogP) is 5.75. The largest absolute Gasteiger partial charge is 0.478 e. The fraction of sp³-hybridized carbons (Fsp3) is 0.290. The summed E-state index contributed by atoms with van der Waals surface area (Å²) in [6.45, 7) is 10.6. The summed E-state index contributed by atoms with van der Waals surface area (Å²) in [6.07, 6.45) is -0.264. The lowest BCUT2D eigenvalue weighted by Crippen LogP contribution is -2.48. The number of aromatic carboxylic acids is 1. The number of thioether (sulfide) groups is 1. The van der Waals surface area contributed by atoms with Crippen molar-refractivity contribution in [3.8, 4) is 22.5 Å². The molecule has 40 heavy (non-hydrogen) atoms. The highest BCUT2D eigenvalue weighted by molar-refractivity contribution is 8.23. The molecule has 5 rings (SSSR count). The molecule has 7 nitrogen and oxygen atoms in total. The molecule has 2 aromatic rings. The molecule has 1 unspecified atom stereocenters. The summed E-state index contributed by atoms with van der Waals surface area (Å²) in [7, 11) is 0. The van der Waals surface area contributed by atoms with E-state index in [0.717, 1.165) is 40.6 Å². The van der Waals surface area contributed by atoms with Crippen molar-refractivity contribution in [3.63, 3.8) is 0 Å². The monoisotopic (exact) mass is 574 g/mol. The molecule has 2 aromatic carbocycles. The van der Waals surface area contributed by atoms with E-state index in [-0.39, 0.29) is 17.6 Å². The SMILES string of the molecule is CCN(c1ccc2c(-c3ccccc3C(=O)O)c3ccc(=[N+](CC)CC)cc-3oc2c1)C(C)N1C(=O)CSC1=S. The number of fused-ring (bicyclic) bond motifs is 2. The standard InChI is InChI=1S/C31H31N3O4S2/c1-5-32(6-2)20-12-14-24-26(16-20)38-27-17-21(33(7-3)19(4)34-28(35)18-40-31(34)39)13-15-25(27)29(24)22-10-8-9-11-23(22)30(36)37/h8-17,19H,5-7,18H2,1-4H3/p+1. The number of benzene rings is 3. The topological polar surface area (TPSA) is 77.0 Å². The van der Waals surface area contributed by atoms with E-state index in [1.54, 1.807) is 17.0 Å². The van der Waals surface area contributed by atoms with Crippen LogP contribution in [0.5, 0.6) is 0 Å². The van der Waals surface area contributed by atoms with E-state index in [9.17, 15) is 14.7 Å². The molecule has 1 N–H and O–H groups in total. The number of carboxylic acid groups (broad SMARTS) is 1. The highest BCUT2D eigenvalue weighted by atomic mass is 32.2. The van der Waals surface area contributed by atoms with Gasteiger partial charge in [-0.15, -0.1) is 0 Å². The van der Waals surface area contributed by atoms with Crippen molar-refractivity contribution in [1.29, 1.82) is 0 Å². The van der Waals surface area contributed by atoms with Crippen LogP contribution in [-0.4, -0.2) is 57.8 Å². The van der Waals surface area contributed by atoms with Gasteiger partial charge < -0.3 is 14.4 Å². The summed E-state index contributed by atoms with van der Waals surface area (Å²) in [5.41, 5.74) is 4.04. The van der Waals surface area contributed by atoms with E-state index in [1.165, 1.54) is 11.8 Å². The number of thiocarbonyl (C=S) groups is 1. The zero-order chi connectivity index (χ0) is 28.6. The lowest BCUT2D eigenvalue weighted by Gasteiger charge is -2.36. The number of hydrogen-bond acceptors (Lipinski definition) is 6. The highest BCUT2D eigenvalue weighted by Gasteiger charge is 2.34. The molecule has 1 amide bonds. The van der Waals surface area contributed by atoms with E-state index in [0.29, 0.717) is 33.5 Å². The van der Waals surface area contributed by atoms with Crippen LogP contribution in [0.15, 0.2) is 65.1 Å². The van der Waals surface area contributed by atoms with E-state index >= 15 is 0 Å². The maximum Gasteiger partial charge on any atom is 0.336 e. The fourth-order valence-electron chi connectivity index (χ4n) is 5.54. The average Bonchev–Trinajstić information content (AvgIpc) is 3.29. The summed E-state index contributed by atoms with van der Waals surface area (Å²) in [4.78, 5) is 28.6. The fourth-order valence-corrected chi connectivity index (χ4v) is 6.75. The van der Waals surface area contributed by atoms with Gasteiger partial charge in [-0.2, -0.15) is 0 Å². The molecule has 206 valence electrons. The molecule has 9 heteroatoms. The van der Waals surface area contributed by atoms with Gasteiger partial charge in [-0.3, -0.25) is 9.69 Å². The maximum absolute atomic E-state index is 12.6. The lowest BCUT2D eigenvalue weighted by atomic mass is 9.90. The zero-order valence-electron chi connectivity index (χ0n) is 23.0. The first-order chi connectivity index (χ1) is 19.3. The van der Waals surface area contributed by atoms with Crippen LogP contribution >= 0.6 is 24.0 Å². The number of carbonyl (C=O) groups is 2. The molecule has 3 aliphatic rings. The molecule has 2 heterocycles. The van der Waals surface area contributed by atoms with Gasteiger partial charge in [0.25, 0.3) is 0 Å². The van der Waals surface area contributed by atoms with Gasteiger partial charge >= 0.3 is 5.97 Å². The van der Waals surface area contributed by atoms with Crippen LogP contribution in [0.1, 0.15) is 38.1 Å². The van der Waals surface area contributed by atoms with Crippen LogP contribution < -0.4 is 14.8 Å². The van der Waals surface area contributed by atoms with Crippen molar-refractivity contribution in [2.45, 2.75) is 33.9 Å². The molecule has 0 spiro atoms. The van der Waals surface area contributed by atoms with Gasteiger partial charge in [0, 0.05) is 40.9 Å². The molecule has 2 aliphatic heterocycles. The van der Waals surface area contributed by atoms with Gasteiger partial charge in [0.2, 0.25) is 11.3 Å². The van der Waals surface area contributed by atoms with Gasteiger partial charge in [-0.1, -0.05) is 42.2 Å². The Labute approximate surface area is 243 Å². The molecular formula is C31H32N3O4S2+. The highest BCUT2D eigenvalue weighted by Crippen LogP contribution is 2.42. The molecule has 0 saturated carbocycles. The van der Waals surface area contributed by atoms with Crippen LogP contribution in [0, 0.1) is 0 Å². The maximum atomic E-state index is 12.6. The number of amides is 1. The minimum Gasteiger partial charge on any atom is -0.478 e. The van der Waals surface area contributed by atoms with Crippen LogP contribution in [0.2, 0.25) is 0 Å². The molecule has 1 aliphatic carbocycles. The van der Waals surface area contributed by atoms with Crippen LogP contribution in [-0.2, 0) is 4.79 Å². The Morgan fingerprint density at radius 1 is 1.10 bits per heavy atom. The number of carboxylic acids is 1. The average molecular weight is 575 g/mol. The zero-order valence-corrected chi connectivity index (χ0v) is 24.6. The normalized spacial score (nSPS) is 14.2. The first-order valence-electron chi connectivity index (χ1n) is 13.5. The first kappa shape index (κ1) is 27.9. The third kappa shape index (κ3) is 4.88. The smallest absolute Gasteiger partial charge is 0.336 e. The summed E-state index contributed by atoms with van der Waals surface area (Å²) in [6, 6.07) is 19.1. The number of rotatable bonds is 8. The van der Waals surface area contributed by atoms with Gasteiger partial charge in [-0.05, 0) is 57.5 Å². The second kappa shape index (κ2) is 11.4. The third-order valence-corrected chi connectivity index (χ3v) is 8.91. The first-order valence-corrected chi connectivity index (χ1v) is 14.8. The Bertz CT molecular complexity index is 1660. The number of carbonyl (C=O) groups excluding carboxylic acids is 1. The van der Waals surface area contributed by atoms with Gasteiger partial charge in [-0.25, -0.2) is 9.37 Å². The van der Waals surface area contributed by atoms with E-state index in [1.807, 2.05) is 56.3 Å². The third-order valence-electron chi connectivity index (χ3n) is 7.53. The molecule has 0 bridgehead atoms. The van der Waals surface area contributed by atoms with E-state index in [2.05, 4.69) is 29.4 Å². The number of anilines is 1. The van der Waals surface area contributed by atoms with E-state index < -0.39 is 5.97 Å². The molecule has 0 aromatic heterocycles. The number of hydrogen-bond donors (Lipinski definition) is 1. The summed E-state index contributed by atoms with van der Waals surface area (Å²) in [5, 5.41) is 11.9. The summed E-state index contributed by atoms with van der Waals surface area (Å²) in [5.74, 6) is 0.0618. The van der Waals surface area contributed by atoms with Crippen LogP contribution in [0.3, 0.4) is 0 Å². The molecule has 1 fully saturated rings. The Kier molecular flexibility index (Phi) is 7.96. The molecule has 0 radical (unpaired) electrons. The van der Waals surface area contributed by atoms with Crippen molar-refractivity contribution in [2.24, 2.45) is 0 Å². The van der Waals surface area contributed by atoms with Crippen LogP contribution in [0.25, 0.3) is 33.4 Å². The van der Waals surface area contributed by atoms with Crippen LogP contribution in [0.4, 0.5) is 5.69 Å². The minimum atomic E-state index is -0.982. The molecular weight excluding hydrogens is 542 g/mol. The molecule has 1 atom stereocenters. The van der Waals surface area contributed by atoms with Gasteiger partial charge in [0.15, 0.2) is 0 Å². The minimum absolute atomic E-state index is 0.00826. The van der Waals surface area contributed by atoms with Gasteiger partial charge in [0.05, 0.1) is 17.4 Å². The van der Waals surface area contributed by atoms with Crippen molar-refractivity contribution in [1.82, 2.24) is 9.48 Å². The second-order valence-electron chi connectivity index (χ2n) is 9.60. The van der Waals surface area contributed by atoms with Crippen molar-refractivity contribution >= 4 is 56.8 Å². The Morgan fingerprint density at radius 2 is 1.85 bits per heavy atom. The lowest BCUT2D eigenvalue weighted by molar-refractivity contribution is -0.125. The summed E-state index contributed by atoms with van der Waals surface area (Å²) >= 11 is 6.86. The number of nitrogens with zero attached hydrogens (tertiary/aromatic N) is 3. The van der Waals surface area contributed by atoms with E-state index in [4.69, 9.17) is 16.6 Å². The second-order valence-corrected chi connectivity index (χ2v) is 11.2.